The van der Waals surface area contributed by atoms with Crippen LogP contribution in [0.25, 0.3) is 55.6 Å². The van der Waals surface area contributed by atoms with E-state index in [1.54, 1.807) is 12.4 Å². The predicted molar refractivity (Wildman–Crippen MR) is 175 cm³/mol. The van der Waals surface area contributed by atoms with Crippen LogP contribution in [0.5, 0.6) is 11.5 Å². The molecule has 4 heterocycles. The Morgan fingerprint density at radius 1 is 0.756 bits per heavy atom. The molecule has 0 aliphatic rings. The molecular weight excluding hydrogens is 567 g/mol. The van der Waals surface area contributed by atoms with Crippen molar-refractivity contribution in [2.45, 2.75) is 6.61 Å². The summed E-state index contributed by atoms with van der Waals surface area (Å²) in [6, 6.07) is 26.8. The van der Waals surface area contributed by atoms with Gasteiger partial charge in [-0.25, -0.2) is 4.39 Å². The Hall–Kier alpha value is -5.54. The van der Waals surface area contributed by atoms with Crippen molar-refractivity contribution in [2.24, 2.45) is 0 Å². The molecule has 8 nitrogen and oxygen atoms in total. The maximum absolute atomic E-state index is 14.7. The van der Waals surface area contributed by atoms with Gasteiger partial charge in [0.25, 0.3) is 0 Å². The molecule has 0 bridgehead atoms. The number of halogens is 1. The van der Waals surface area contributed by atoms with E-state index in [9.17, 15) is 4.39 Å². The normalized spacial score (nSPS) is 11.5. The number of benzene rings is 3. The molecule has 2 N–H and O–H groups in total. The first-order chi connectivity index (χ1) is 22.0. The number of fused-ring (bicyclic) bond motifs is 2. The Labute approximate surface area is 259 Å². The standard InChI is InChI=1S/C36H31FN6O2/c1-43(2)12-13-44-28-15-25(14-27(37)18-28)35-31-19-34(40-32(31)10-11-39-35)36-30-17-24(8-9-33(30)41-42-36)26-16-29(21-38-20-26)45-22-23-6-4-3-5-7-23/h3-11,14-21,40H,12-13,22H2,1-2H3,(H,41,42). The number of aromatic amines is 2. The number of H-pyrrole nitrogens is 2. The van der Waals surface area contributed by atoms with Crippen molar-refractivity contribution in [3.05, 3.63) is 115 Å². The van der Waals surface area contributed by atoms with Crippen LogP contribution in [0, 0.1) is 5.82 Å². The van der Waals surface area contributed by atoms with Crippen LogP contribution in [0.4, 0.5) is 4.39 Å². The van der Waals surface area contributed by atoms with E-state index in [-0.39, 0.29) is 5.82 Å². The third-order valence-corrected chi connectivity index (χ3v) is 7.61. The molecule has 0 saturated heterocycles. The smallest absolute Gasteiger partial charge is 0.138 e. The van der Waals surface area contributed by atoms with Crippen LogP contribution < -0.4 is 9.47 Å². The van der Waals surface area contributed by atoms with Crippen molar-refractivity contribution in [3.63, 3.8) is 0 Å². The van der Waals surface area contributed by atoms with E-state index in [1.807, 2.05) is 91.9 Å². The third kappa shape index (κ3) is 6.11. The summed E-state index contributed by atoms with van der Waals surface area (Å²) in [6.45, 7) is 1.65. The summed E-state index contributed by atoms with van der Waals surface area (Å²) >= 11 is 0. The Balaban J connectivity index is 1.20. The van der Waals surface area contributed by atoms with Crippen LogP contribution in [0.1, 0.15) is 5.56 Å². The summed E-state index contributed by atoms with van der Waals surface area (Å²) in [5, 5.41) is 9.62. The van der Waals surface area contributed by atoms with Gasteiger partial charge in [0, 0.05) is 52.4 Å². The van der Waals surface area contributed by atoms with Gasteiger partial charge in [0.15, 0.2) is 0 Å². The number of hydrogen-bond acceptors (Lipinski definition) is 6. The number of hydrogen-bond donors (Lipinski definition) is 2. The summed E-state index contributed by atoms with van der Waals surface area (Å²) in [6.07, 6.45) is 5.27. The van der Waals surface area contributed by atoms with E-state index in [0.717, 1.165) is 56.4 Å². The van der Waals surface area contributed by atoms with Gasteiger partial charge in [-0.15, -0.1) is 0 Å². The first-order valence-corrected chi connectivity index (χ1v) is 14.7. The monoisotopic (exact) mass is 598 g/mol. The minimum Gasteiger partial charge on any atom is -0.492 e. The molecule has 0 unspecified atom stereocenters. The zero-order chi connectivity index (χ0) is 30.8. The number of nitrogens with one attached hydrogen (secondary N) is 2. The zero-order valence-electron chi connectivity index (χ0n) is 24.9. The van der Waals surface area contributed by atoms with Gasteiger partial charge in [0.2, 0.25) is 0 Å². The molecule has 0 radical (unpaired) electrons. The molecule has 4 aromatic heterocycles. The second-order valence-electron chi connectivity index (χ2n) is 11.1. The third-order valence-electron chi connectivity index (χ3n) is 7.61. The topological polar surface area (TPSA) is 92.0 Å². The average molecular weight is 599 g/mol. The molecular formula is C36H31FN6O2. The summed E-state index contributed by atoms with van der Waals surface area (Å²) in [5.41, 5.74) is 7.68. The van der Waals surface area contributed by atoms with Gasteiger partial charge in [-0.05, 0) is 67.7 Å². The van der Waals surface area contributed by atoms with Crippen LogP contribution in [0.3, 0.4) is 0 Å². The van der Waals surface area contributed by atoms with E-state index in [4.69, 9.17) is 9.47 Å². The summed E-state index contributed by atoms with van der Waals surface area (Å²) in [5.74, 6) is 0.788. The number of aromatic nitrogens is 5. The molecule has 0 aliphatic heterocycles. The molecule has 0 aliphatic carbocycles. The fourth-order valence-corrected chi connectivity index (χ4v) is 5.34. The summed E-state index contributed by atoms with van der Waals surface area (Å²) in [7, 11) is 3.94. The van der Waals surface area contributed by atoms with Gasteiger partial charge in [-0.2, -0.15) is 5.10 Å². The van der Waals surface area contributed by atoms with Crippen molar-refractivity contribution >= 4 is 21.8 Å². The quantitative estimate of drug-likeness (QED) is 0.170. The van der Waals surface area contributed by atoms with Crippen molar-refractivity contribution in [2.75, 3.05) is 27.2 Å². The minimum atomic E-state index is -0.378. The second-order valence-corrected chi connectivity index (χ2v) is 11.1. The Morgan fingerprint density at radius 2 is 1.60 bits per heavy atom. The molecule has 0 fully saturated rings. The summed E-state index contributed by atoms with van der Waals surface area (Å²) in [4.78, 5) is 14.6. The molecule has 7 aromatic rings. The van der Waals surface area contributed by atoms with Crippen LogP contribution in [-0.4, -0.2) is 57.3 Å². The van der Waals surface area contributed by atoms with Crippen molar-refractivity contribution in [3.8, 4) is 45.3 Å². The molecule has 45 heavy (non-hydrogen) atoms. The van der Waals surface area contributed by atoms with E-state index < -0.39 is 0 Å². The van der Waals surface area contributed by atoms with E-state index in [1.165, 1.54) is 12.1 Å². The number of rotatable bonds is 10. The molecule has 9 heteroatoms. The van der Waals surface area contributed by atoms with Gasteiger partial charge in [-0.3, -0.25) is 15.1 Å². The minimum absolute atomic E-state index is 0.378. The number of nitrogens with zero attached hydrogens (tertiary/aromatic N) is 4. The first-order valence-electron chi connectivity index (χ1n) is 14.7. The largest absolute Gasteiger partial charge is 0.492 e. The lowest BCUT2D eigenvalue weighted by Gasteiger charge is -2.12. The highest BCUT2D eigenvalue weighted by molar-refractivity contribution is 6.01. The Bertz CT molecular complexity index is 2100. The molecule has 0 atom stereocenters. The highest BCUT2D eigenvalue weighted by atomic mass is 19.1. The molecule has 0 spiro atoms. The summed E-state index contributed by atoms with van der Waals surface area (Å²) < 4.78 is 26.5. The van der Waals surface area contributed by atoms with Gasteiger partial charge in [0.1, 0.15) is 36.2 Å². The van der Waals surface area contributed by atoms with Gasteiger partial charge >= 0.3 is 0 Å². The maximum atomic E-state index is 14.7. The van der Waals surface area contributed by atoms with Crippen LogP contribution >= 0.6 is 0 Å². The fraction of sp³-hybridized carbons (Fsp3) is 0.139. The lowest BCUT2D eigenvalue weighted by atomic mass is 10.0. The van der Waals surface area contributed by atoms with Crippen molar-refractivity contribution in [1.82, 2.24) is 30.0 Å². The van der Waals surface area contributed by atoms with Gasteiger partial charge in [0.05, 0.1) is 23.1 Å². The van der Waals surface area contributed by atoms with Crippen LogP contribution in [0.15, 0.2) is 104 Å². The zero-order valence-corrected chi connectivity index (χ0v) is 24.9. The second kappa shape index (κ2) is 12.2. The van der Waals surface area contributed by atoms with Crippen LogP contribution in [0.2, 0.25) is 0 Å². The molecule has 224 valence electrons. The lowest BCUT2D eigenvalue weighted by Crippen LogP contribution is -2.19. The molecule has 0 amide bonds. The fourth-order valence-electron chi connectivity index (χ4n) is 5.34. The van der Waals surface area contributed by atoms with Crippen molar-refractivity contribution in [1.29, 1.82) is 0 Å². The van der Waals surface area contributed by atoms with E-state index >= 15 is 0 Å². The Kier molecular flexibility index (Phi) is 7.67. The lowest BCUT2D eigenvalue weighted by molar-refractivity contribution is 0.260. The maximum Gasteiger partial charge on any atom is 0.138 e. The molecule has 7 rings (SSSR count). The number of pyridine rings is 2. The highest BCUT2D eigenvalue weighted by Crippen LogP contribution is 2.36. The number of ether oxygens (including phenoxy) is 2. The van der Waals surface area contributed by atoms with E-state index in [0.29, 0.717) is 36.0 Å². The van der Waals surface area contributed by atoms with E-state index in [2.05, 4.69) is 31.2 Å². The number of likely N-dealkylation sites (N-methyl/N-ethyl adjacent to an activating group) is 1. The van der Waals surface area contributed by atoms with Gasteiger partial charge < -0.3 is 19.4 Å². The first kappa shape index (κ1) is 28.2. The Morgan fingerprint density at radius 3 is 2.47 bits per heavy atom. The van der Waals surface area contributed by atoms with Crippen molar-refractivity contribution < 1.29 is 13.9 Å². The van der Waals surface area contributed by atoms with Gasteiger partial charge in [-0.1, -0.05) is 36.4 Å². The van der Waals surface area contributed by atoms with Crippen LogP contribution in [-0.2, 0) is 6.61 Å². The molecule has 3 aromatic carbocycles. The SMILES string of the molecule is CN(C)CCOc1cc(F)cc(-c2nccc3[nH]c(-c4n[nH]c5ccc(-c6cncc(OCc7ccccc7)c6)cc45)cc23)c1. The molecule has 0 saturated carbocycles. The predicted octanol–water partition coefficient (Wildman–Crippen LogP) is 7.49. The highest BCUT2D eigenvalue weighted by Gasteiger charge is 2.16. The average Bonchev–Trinajstić information content (AvgIpc) is 3.68.